The van der Waals surface area contributed by atoms with Crippen LogP contribution in [0.4, 0.5) is 0 Å². The van der Waals surface area contributed by atoms with Crippen LogP contribution in [0.5, 0.6) is 0 Å². The van der Waals surface area contributed by atoms with E-state index in [1.165, 1.54) is 28.7 Å². The highest BCUT2D eigenvalue weighted by Crippen LogP contribution is 2.43. The van der Waals surface area contributed by atoms with E-state index in [1.807, 2.05) is 0 Å². The molecule has 18 heavy (non-hydrogen) atoms. The molecule has 0 spiro atoms. The standard InChI is InChI=1S/C17H17N/c1-11-6-7-12-8-9-18-15-10-13-4-2-3-5-14(13)16(11)17(12)15/h2-7,15,18H,8-10H2,1H3. The molecule has 4 rings (SSSR count). The first-order valence-corrected chi connectivity index (χ1v) is 6.78. The largest absolute Gasteiger partial charge is 0.309 e. The molecule has 1 aliphatic carbocycles. The normalized spacial score (nSPS) is 20.2. The Morgan fingerprint density at radius 2 is 1.94 bits per heavy atom. The first-order chi connectivity index (χ1) is 8.84. The van der Waals surface area contributed by atoms with Crippen LogP contribution >= 0.6 is 0 Å². The topological polar surface area (TPSA) is 12.0 Å². The van der Waals surface area contributed by atoms with Crippen LogP contribution in [0.1, 0.15) is 28.3 Å². The third-order valence-corrected chi connectivity index (χ3v) is 4.39. The second kappa shape index (κ2) is 3.69. The third-order valence-electron chi connectivity index (χ3n) is 4.39. The fraction of sp³-hybridized carbons (Fsp3) is 0.294. The van der Waals surface area contributed by atoms with Crippen molar-refractivity contribution >= 4 is 0 Å². The molecule has 2 aliphatic rings. The van der Waals surface area contributed by atoms with Crippen LogP contribution in [0, 0.1) is 6.92 Å². The molecular weight excluding hydrogens is 218 g/mol. The first kappa shape index (κ1) is 10.3. The monoisotopic (exact) mass is 235 g/mol. The summed E-state index contributed by atoms with van der Waals surface area (Å²) in [6.45, 7) is 3.35. The summed E-state index contributed by atoms with van der Waals surface area (Å²) < 4.78 is 0. The Labute approximate surface area is 108 Å². The number of rotatable bonds is 0. The van der Waals surface area contributed by atoms with Crippen LogP contribution < -0.4 is 5.32 Å². The molecule has 2 aromatic rings. The van der Waals surface area contributed by atoms with Crippen molar-refractivity contribution in [2.75, 3.05) is 6.54 Å². The molecule has 1 unspecified atom stereocenters. The molecule has 0 aromatic heterocycles. The quantitative estimate of drug-likeness (QED) is 0.738. The number of nitrogens with one attached hydrogen (secondary N) is 1. The molecule has 1 heteroatoms. The second-order valence-electron chi connectivity index (χ2n) is 5.45. The zero-order valence-electron chi connectivity index (χ0n) is 10.7. The van der Waals surface area contributed by atoms with Crippen LogP contribution in [0.3, 0.4) is 0 Å². The van der Waals surface area contributed by atoms with Gasteiger partial charge >= 0.3 is 0 Å². The zero-order valence-corrected chi connectivity index (χ0v) is 10.7. The van der Waals surface area contributed by atoms with Crippen LogP contribution in [-0.2, 0) is 12.8 Å². The van der Waals surface area contributed by atoms with Crippen molar-refractivity contribution in [1.29, 1.82) is 0 Å². The minimum Gasteiger partial charge on any atom is -0.309 e. The molecule has 0 bridgehead atoms. The van der Waals surface area contributed by atoms with Gasteiger partial charge in [-0.1, -0.05) is 36.4 Å². The molecule has 90 valence electrons. The second-order valence-corrected chi connectivity index (χ2v) is 5.45. The summed E-state index contributed by atoms with van der Waals surface area (Å²) in [6, 6.07) is 14.0. The number of aryl methyl sites for hydroxylation is 1. The number of hydrogen-bond acceptors (Lipinski definition) is 1. The maximum Gasteiger partial charge on any atom is 0.0370 e. The van der Waals surface area contributed by atoms with Crippen LogP contribution in [0.2, 0.25) is 0 Å². The highest BCUT2D eigenvalue weighted by atomic mass is 14.9. The van der Waals surface area contributed by atoms with E-state index in [0.29, 0.717) is 6.04 Å². The van der Waals surface area contributed by atoms with E-state index in [0.717, 1.165) is 13.0 Å². The Morgan fingerprint density at radius 1 is 1.06 bits per heavy atom. The van der Waals surface area contributed by atoms with Gasteiger partial charge in [-0.15, -0.1) is 0 Å². The summed E-state index contributed by atoms with van der Waals surface area (Å²) in [7, 11) is 0. The average molecular weight is 235 g/mol. The van der Waals surface area contributed by atoms with E-state index in [1.54, 1.807) is 11.1 Å². The number of benzene rings is 2. The summed E-state index contributed by atoms with van der Waals surface area (Å²) in [5, 5.41) is 3.69. The summed E-state index contributed by atoms with van der Waals surface area (Å²) in [4.78, 5) is 0. The smallest absolute Gasteiger partial charge is 0.0370 e. The molecule has 0 amide bonds. The molecule has 0 fully saturated rings. The Kier molecular flexibility index (Phi) is 2.12. The number of fused-ring (bicyclic) bond motifs is 2. The van der Waals surface area contributed by atoms with Gasteiger partial charge in [0.05, 0.1) is 0 Å². The van der Waals surface area contributed by atoms with E-state index in [4.69, 9.17) is 0 Å². The minimum atomic E-state index is 0.526. The van der Waals surface area contributed by atoms with E-state index in [2.05, 4.69) is 48.6 Å². The van der Waals surface area contributed by atoms with Crippen molar-refractivity contribution in [1.82, 2.24) is 5.32 Å². The molecule has 1 N–H and O–H groups in total. The summed E-state index contributed by atoms with van der Waals surface area (Å²) in [5.74, 6) is 0. The van der Waals surface area contributed by atoms with E-state index >= 15 is 0 Å². The van der Waals surface area contributed by atoms with Gasteiger partial charge in [0, 0.05) is 6.04 Å². The van der Waals surface area contributed by atoms with Gasteiger partial charge in [0.15, 0.2) is 0 Å². The van der Waals surface area contributed by atoms with Gasteiger partial charge in [0.1, 0.15) is 0 Å². The van der Waals surface area contributed by atoms with Gasteiger partial charge in [0.25, 0.3) is 0 Å². The zero-order chi connectivity index (χ0) is 12.1. The highest BCUT2D eigenvalue weighted by Gasteiger charge is 2.29. The highest BCUT2D eigenvalue weighted by molar-refractivity contribution is 5.78. The predicted octanol–water partition coefficient (Wildman–Crippen LogP) is 3.40. The van der Waals surface area contributed by atoms with Crippen molar-refractivity contribution in [3.8, 4) is 11.1 Å². The molecule has 0 radical (unpaired) electrons. The number of hydrogen-bond donors (Lipinski definition) is 1. The molecule has 2 aromatic carbocycles. The van der Waals surface area contributed by atoms with Crippen LogP contribution in [0.25, 0.3) is 11.1 Å². The van der Waals surface area contributed by atoms with Gasteiger partial charge in [-0.3, -0.25) is 0 Å². The van der Waals surface area contributed by atoms with Crippen molar-refractivity contribution in [2.24, 2.45) is 0 Å². The SMILES string of the molecule is Cc1ccc2c3c1-c1ccccc1CC3NCC2. The minimum absolute atomic E-state index is 0.526. The van der Waals surface area contributed by atoms with Gasteiger partial charge in [0.2, 0.25) is 0 Å². The maximum absolute atomic E-state index is 3.69. The lowest BCUT2D eigenvalue weighted by Gasteiger charge is -2.35. The Hall–Kier alpha value is -1.60. The molecule has 1 heterocycles. The van der Waals surface area contributed by atoms with E-state index in [-0.39, 0.29) is 0 Å². The Balaban J connectivity index is 2.08. The van der Waals surface area contributed by atoms with Crippen molar-refractivity contribution in [2.45, 2.75) is 25.8 Å². The third kappa shape index (κ3) is 1.31. The molecule has 1 aliphatic heterocycles. The molecular formula is C17H17N. The Morgan fingerprint density at radius 3 is 2.89 bits per heavy atom. The van der Waals surface area contributed by atoms with Gasteiger partial charge < -0.3 is 5.32 Å². The lowest BCUT2D eigenvalue weighted by Crippen LogP contribution is -2.33. The van der Waals surface area contributed by atoms with Crippen molar-refractivity contribution in [3.63, 3.8) is 0 Å². The van der Waals surface area contributed by atoms with Crippen LogP contribution in [0.15, 0.2) is 36.4 Å². The average Bonchev–Trinajstić information content (AvgIpc) is 2.41. The fourth-order valence-corrected chi connectivity index (χ4v) is 3.56. The summed E-state index contributed by atoms with van der Waals surface area (Å²) in [5.41, 5.74) is 8.96. The van der Waals surface area contributed by atoms with Crippen molar-refractivity contribution in [3.05, 3.63) is 58.7 Å². The summed E-state index contributed by atoms with van der Waals surface area (Å²) >= 11 is 0. The molecule has 1 nitrogen and oxygen atoms in total. The van der Waals surface area contributed by atoms with Crippen LogP contribution in [-0.4, -0.2) is 6.54 Å². The van der Waals surface area contributed by atoms with Gasteiger partial charge in [-0.25, -0.2) is 0 Å². The fourth-order valence-electron chi connectivity index (χ4n) is 3.56. The first-order valence-electron chi connectivity index (χ1n) is 6.78. The lowest BCUT2D eigenvalue weighted by atomic mass is 9.76. The van der Waals surface area contributed by atoms with Gasteiger partial charge in [-0.05, 0) is 59.7 Å². The Bertz CT molecular complexity index is 628. The molecule has 0 saturated heterocycles. The molecule has 1 atom stereocenters. The predicted molar refractivity (Wildman–Crippen MR) is 74.8 cm³/mol. The molecule has 0 saturated carbocycles. The van der Waals surface area contributed by atoms with Crippen molar-refractivity contribution < 1.29 is 0 Å². The van der Waals surface area contributed by atoms with E-state index in [9.17, 15) is 0 Å². The van der Waals surface area contributed by atoms with Gasteiger partial charge in [-0.2, -0.15) is 0 Å². The maximum atomic E-state index is 3.69. The summed E-state index contributed by atoms with van der Waals surface area (Å²) in [6.07, 6.45) is 2.31. The van der Waals surface area contributed by atoms with E-state index < -0.39 is 0 Å². The lowest BCUT2D eigenvalue weighted by molar-refractivity contribution is 0.499.